The van der Waals surface area contributed by atoms with Crippen molar-refractivity contribution in [1.29, 1.82) is 0 Å². The van der Waals surface area contributed by atoms with Crippen molar-refractivity contribution in [2.45, 2.75) is 60.9 Å². The molecule has 1 aromatic heterocycles. The fourth-order valence-corrected chi connectivity index (χ4v) is 5.88. The molecule has 2 N–H and O–H groups in total. The topological polar surface area (TPSA) is 69.6 Å². The average Bonchev–Trinajstić information content (AvgIpc) is 3.04. The second-order valence-corrected chi connectivity index (χ2v) is 9.17. The van der Waals surface area contributed by atoms with Crippen LogP contribution in [0.3, 0.4) is 0 Å². The Hall–Kier alpha value is -0.470. The predicted molar refractivity (Wildman–Crippen MR) is 87.5 cm³/mol. The molecule has 0 radical (unpaired) electrons. The Bertz CT molecular complexity index is 566. The number of sulfonamides is 1. The Kier molecular flexibility index (Phi) is 5.19. The van der Waals surface area contributed by atoms with Crippen LogP contribution in [0.4, 0.5) is 0 Å². The molecule has 2 unspecified atom stereocenters. The van der Waals surface area contributed by atoms with Crippen molar-refractivity contribution in [3.63, 3.8) is 0 Å². The number of hydrogen-bond donors (Lipinski definition) is 2. The molecule has 2 fully saturated rings. The summed E-state index contributed by atoms with van der Waals surface area (Å²) < 4.78 is 27.7. The van der Waals surface area contributed by atoms with E-state index in [1.54, 1.807) is 17.5 Å². The first kappa shape index (κ1) is 16.4. The van der Waals surface area contributed by atoms with E-state index >= 15 is 0 Å². The van der Waals surface area contributed by atoms with Crippen LogP contribution in [-0.2, 0) is 10.0 Å². The normalized spacial score (nSPS) is 28.8. The van der Waals surface area contributed by atoms with Gasteiger partial charge in [-0.1, -0.05) is 18.9 Å². The van der Waals surface area contributed by atoms with Gasteiger partial charge in [0, 0.05) is 25.2 Å². The second kappa shape index (κ2) is 6.97. The van der Waals surface area contributed by atoms with Crippen molar-refractivity contribution >= 4 is 21.4 Å². The molecule has 1 saturated carbocycles. The molecule has 1 saturated heterocycles. The van der Waals surface area contributed by atoms with Gasteiger partial charge < -0.3 is 5.11 Å². The molecule has 7 heteroatoms. The highest BCUT2D eigenvalue weighted by Gasteiger charge is 2.32. The van der Waals surface area contributed by atoms with Crippen LogP contribution in [-0.4, -0.2) is 49.7 Å². The first-order valence-corrected chi connectivity index (χ1v) is 10.4. The van der Waals surface area contributed by atoms with Crippen LogP contribution in [0.5, 0.6) is 0 Å². The summed E-state index contributed by atoms with van der Waals surface area (Å²) in [6, 6.07) is 3.67. The lowest BCUT2D eigenvalue weighted by Gasteiger charge is -2.41. The number of aliphatic hydroxyl groups is 1. The molecule has 1 aromatic rings. The minimum absolute atomic E-state index is 0.00378. The number of likely N-dealkylation sites (tertiary alicyclic amines) is 1. The van der Waals surface area contributed by atoms with Crippen LogP contribution in [0.25, 0.3) is 0 Å². The van der Waals surface area contributed by atoms with E-state index in [0.29, 0.717) is 4.21 Å². The molecule has 1 aliphatic carbocycles. The Balaban J connectivity index is 1.54. The zero-order chi connectivity index (χ0) is 15.6. The van der Waals surface area contributed by atoms with Gasteiger partial charge in [-0.05, 0) is 37.1 Å². The molecule has 0 bridgehead atoms. The number of nitrogens with one attached hydrogen (secondary N) is 1. The van der Waals surface area contributed by atoms with E-state index in [4.69, 9.17) is 0 Å². The van der Waals surface area contributed by atoms with Crippen molar-refractivity contribution < 1.29 is 13.5 Å². The number of rotatable bonds is 4. The minimum Gasteiger partial charge on any atom is -0.391 e. The third-order valence-electron chi connectivity index (χ3n) is 4.77. The van der Waals surface area contributed by atoms with Crippen LogP contribution in [0, 0.1) is 0 Å². The van der Waals surface area contributed by atoms with Crippen molar-refractivity contribution in [3.8, 4) is 0 Å². The summed E-state index contributed by atoms with van der Waals surface area (Å²) in [5.74, 6) is 0. The number of nitrogens with zero attached hydrogens (tertiary/aromatic N) is 1. The zero-order valence-corrected chi connectivity index (χ0v) is 14.3. The molecule has 2 aliphatic rings. The maximum absolute atomic E-state index is 12.2. The third kappa shape index (κ3) is 3.71. The molecular formula is C15H24N2O3S2. The number of thiophene rings is 1. The summed E-state index contributed by atoms with van der Waals surface area (Å²) in [5.41, 5.74) is 0. The van der Waals surface area contributed by atoms with E-state index in [1.807, 2.05) is 0 Å². The van der Waals surface area contributed by atoms with Crippen LogP contribution < -0.4 is 4.72 Å². The fourth-order valence-electron chi connectivity index (χ4n) is 3.56. The second-order valence-electron chi connectivity index (χ2n) is 6.28. The van der Waals surface area contributed by atoms with E-state index in [-0.39, 0.29) is 18.2 Å². The highest BCUT2D eigenvalue weighted by Crippen LogP contribution is 2.26. The Morgan fingerprint density at radius 1 is 1.18 bits per heavy atom. The van der Waals surface area contributed by atoms with Gasteiger partial charge in [0.2, 0.25) is 10.0 Å². The molecule has 124 valence electrons. The molecule has 2 heterocycles. The molecule has 0 spiro atoms. The highest BCUT2D eigenvalue weighted by molar-refractivity contribution is 7.91. The minimum atomic E-state index is -3.37. The summed E-state index contributed by atoms with van der Waals surface area (Å²) in [6.07, 6.45) is 5.68. The van der Waals surface area contributed by atoms with Crippen LogP contribution in [0.2, 0.25) is 0 Å². The van der Waals surface area contributed by atoms with Crippen molar-refractivity contribution in [1.82, 2.24) is 9.62 Å². The first-order chi connectivity index (χ1) is 10.6. The maximum Gasteiger partial charge on any atom is 0.250 e. The molecule has 3 rings (SSSR count). The molecule has 1 aliphatic heterocycles. The molecule has 0 amide bonds. The lowest BCUT2D eigenvalue weighted by atomic mass is 9.90. The molecule has 2 atom stereocenters. The summed E-state index contributed by atoms with van der Waals surface area (Å²) in [4.78, 5) is 2.35. The van der Waals surface area contributed by atoms with Crippen molar-refractivity contribution in [2.75, 3.05) is 13.1 Å². The van der Waals surface area contributed by atoms with Gasteiger partial charge in [0.05, 0.1) is 6.10 Å². The molecule has 5 nitrogen and oxygen atoms in total. The van der Waals surface area contributed by atoms with Gasteiger partial charge in [-0.3, -0.25) is 4.90 Å². The summed E-state index contributed by atoms with van der Waals surface area (Å²) in [7, 11) is -3.37. The molecule has 22 heavy (non-hydrogen) atoms. The monoisotopic (exact) mass is 344 g/mol. The summed E-state index contributed by atoms with van der Waals surface area (Å²) in [6.45, 7) is 1.72. The van der Waals surface area contributed by atoms with Gasteiger partial charge in [-0.2, -0.15) is 0 Å². The third-order valence-corrected chi connectivity index (χ3v) is 7.69. The number of hydrogen-bond acceptors (Lipinski definition) is 5. The van der Waals surface area contributed by atoms with Crippen LogP contribution >= 0.6 is 11.3 Å². The Labute approximate surface area is 136 Å². The zero-order valence-electron chi connectivity index (χ0n) is 12.6. The first-order valence-electron chi connectivity index (χ1n) is 8.04. The van der Waals surface area contributed by atoms with E-state index < -0.39 is 10.0 Å². The largest absolute Gasteiger partial charge is 0.391 e. The summed E-state index contributed by atoms with van der Waals surface area (Å²) in [5, 5.41) is 11.9. The lowest BCUT2D eigenvalue weighted by Crippen LogP contribution is -2.52. The van der Waals surface area contributed by atoms with Crippen LogP contribution in [0.1, 0.15) is 38.5 Å². The SMILES string of the molecule is O=S(=O)(NC1CCN(C2CCCCC2O)CC1)c1cccs1. The average molecular weight is 345 g/mol. The van der Waals surface area contributed by atoms with Gasteiger partial charge in [0.1, 0.15) is 4.21 Å². The molecule has 0 aromatic carbocycles. The summed E-state index contributed by atoms with van der Waals surface area (Å²) >= 11 is 1.25. The smallest absolute Gasteiger partial charge is 0.250 e. The Morgan fingerprint density at radius 2 is 1.91 bits per heavy atom. The van der Waals surface area contributed by atoms with Gasteiger partial charge in [0.15, 0.2) is 0 Å². The van der Waals surface area contributed by atoms with Crippen LogP contribution in [0.15, 0.2) is 21.7 Å². The quantitative estimate of drug-likeness (QED) is 0.874. The fraction of sp³-hybridized carbons (Fsp3) is 0.733. The van der Waals surface area contributed by atoms with Gasteiger partial charge in [0.25, 0.3) is 0 Å². The van der Waals surface area contributed by atoms with Gasteiger partial charge in [-0.25, -0.2) is 13.1 Å². The van der Waals surface area contributed by atoms with E-state index in [2.05, 4.69) is 9.62 Å². The maximum atomic E-state index is 12.2. The Morgan fingerprint density at radius 3 is 2.55 bits per heavy atom. The molecular weight excluding hydrogens is 320 g/mol. The van der Waals surface area contributed by atoms with E-state index in [9.17, 15) is 13.5 Å². The van der Waals surface area contributed by atoms with Crippen molar-refractivity contribution in [3.05, 3.63) is 17.5 Å². The lowest BCUT2D eigenvalue weighted by molar-refractivity contribution is 0.00831. The van der Waals surface area contributed by atoms with Crippen molar-refractivity contribution in [2.24, 2.45) is 0 Å². The number of aliphatic hydroxyl groups excluding tert-OH is 1. The predicted octanol–water partition coefficient (Wildman–Crippen LogP) is 1.79. The highest BCUT2D eigenvalue weighted by atomic mass is 32.2. The number of piperidine rings is 1. The van der Waals surface area contributed by atoms with E-state index in [1.165, 1.54) is 17.8 Å². The van der Waals surface area contributed by atoms with E-state index in [0.717, 1.165) is 45.2 Å². The standard InChI is InChI=1S/C15H24N2O3S2/c18-14-5-2-1-4-13(14)17-9-7-12(8-10-17)16-22(19,20)15-6-3-11-21-15/h3,6,11-14,16,18H,1-2,4-5,7-10H2. The van der Waals surface area contributed by atoms with Gasteiger partial charge in [-0.15, -0.1) is 11.3 Å². The van der Waals surface area contributed by atoms with Gasteiger partial charge >= 0.3 is 0 Å².